The number of carbonyl (C=O) groups excluding carboxylic acids is 2. The SMILES string of the molecule is C[C@H]1C[C@@H](C(=O)NCCC(=O)NCc2ccccc2)CCN1. The van der Waals surface area contributed by atoms with Gasteiger partial charge in [-0.1, -0.05) is 30.3 Å². The third kappa shape index (κ3) is 5.48. The normalized spacial score (nSPS) is 21.1. The van der Waals surface area contributed by atoms with Gasteiger partial charge in [-0.05, 0) is 31.9 Å². The van der Waals surface area contributed by atoms with Gasteiger partial charge in [0.15, 0.2) is 0 Å². The summed E-state index contributed by atoms with van der Waals surface area (Å²) in [6.45, 7) is 3.91. The molecule has 2 atom stereocenters. The number of hydrogen-bond donors (Lipinski definition) is 3. The number of piperidine rings is 1. The molecule has 0 radical (unpaired) electrons. The lowest BCUT2D eigenvalue weighted by Gasteiger charge is -2.27. The molecule has 5 nitrogen and oxygen atoms in total. The van der Waals surface area contributed by atoms with E-state index in [1.165, 1.54) is 0 Å². The van der Waals surface area contributed by atoms with E-state index in [2.05, 4.69) is 22.9 Å². The largest absolute Gasteiger partial charge is 0.355 e. The van der Waals surface area contributed by atoms with Crippen molar-refractivity contribution in [2.24, 2.45) is 5.92 Å². The van der Waals surface area contributed by atoms with Crippen molar-refractivity contribution >= 4 is 11.8 Å². The van der Waals surface area contributed by atoms with Crippen molar-refractivity contribution < 1.29 is 9.59 Å². The highest BCUT2D eigenvalue weighted by atomic mass is 16.2. The highest BCUT2D eigenvalue weighted by Gasteiger charge is 2.24. The predicted molar refractivity (Wildman–Crippen MR) is 86.1 cm³/mol. The maximum atomic E-state index is 12.0. The van der Waals surface area contributed by atoms with E-state index >= 15 is 0 Å². The maximum Gasteiger partial charge on any atom is 0.223 e. The highest BCUT2D eigenvalue weighted by Crippen LogP contribution is 2.15. The number of benzene rings is 1. The van der Waals surface area contributed by atoms with Crippen molar-refractivity contribution in [2.45, 2.75) is 38.8 Å². The van der Waals surface area contributed by atoms with Crippen LogP contribution in [0.1, 0.15) is 31.7 Å². The molecule has 0 aromatic heterocycles. The molecule has 1 heterocycles. The molecule has 3 N–H and O–H groups in total. The van der Waals surface area contributed by atoms with Crippen LogP contribution in [0.15, 0.2) is 30.3 Å². The Hall–Kier alpha value is -1.88. The summed E-state index contributed by atoms with van der Waals surface area (Å²) in [7, 11) is 0. The van der Waals surface area contributed by atoms with Crippen molar-refractivity contribution in [3.63, 3.8) is 0 Å². The smallest absolute Gasteiger partial charge is 0.223 e. The summed E-state index contributed by atoms with van der Waals surface area (Å²) in [5, 5.41) is 9.06. The summed E-state index contributed by atoms with van der Waals surface area (Å²) >= 11 is 0. The van der Waals surface area contributed by atoms with Crippen molar-refractivity contribution in [3.05, 3.63) is 35.9 Å². The first-order chi connectivity index (χ1) is 10.6. The Labute approximate surface area is 131 Å². The fraction of sp³-hybridized carbons (Fsp3) is 0.529. The van der Waals surface area contributed by atoms with Crippen LogP contribution in [-0.4, -0.2) is 30.9 Å². The minimum atomic E-state index is -0.0390. The molecule has 1 aromatic carbocycles. The van der Waals surface area contributed by atoms with Crippen LogP contribution in [0.5, 0.6) is 0 Å². The van der Waals surface area contributed by atoms with Gasteiger partial charge in [-0.15, -0.1) is 0 Å². The van der Waals surface area contributed by atoms with Crippen LogP contribution < -0.4 is 16.0 Å². The lowest BCUT2D eigenvalue weighted by atomic mass is 9.92. The third-order valence-corrected chi connectivity index (χ3v) is 3.98. The summed E-state index contributed by atoms with van der Waals surface area (Å²) in [4.78, 5) is 23.8. The zero-order valence-corrected chi connectivity index (χ0v) is 13.1. The van der Waals surface area contributed by atoms with E-state index in [0.717, 1.165) is 24.9 Å². The number of rotatable bonds is 6. The Kier molecular flexibility index (Phi) is 6.40. The van der Waals surface area contributed by atoms with E-state index in [1.807, 2.05) is 30.3 Å². The first kappa shape index (κ1) is 16.5. The van der Waals surface area contributed by atoms with Gasteiger partial charge in [0.1, 0.15) is 0 Å². The second-order valence-electron chi connectivity index (χ2n) is 5.88. The van der Waals surface area contributed by atoms with E-state index in [9.17, 15) is 9.59 Å². The molecule has 2 rings (SSSR count). The topological polar surface area (TPSA) is 70.2 Å². The fourth-order valence-corrected chi connectivity index (χ4v) is 2.70. The summed E-state index contributed by atoms with van der Waals surface area (Å²) < 4.78 is 0. The Bertz CT molecular complexity index is 490. The van der Waals surface area contributed by atoms with Gasteiger partial charge in [0.25, 0.3) is 0 Å². The van der Waals surface area contributed by atoms with Crippen LogP contribution in [0.2, 0.25) is 0 Å². The number of carbonyl (C=O) groups is 2. The van der Waals surface area contributed by atoms with Crippen LogP contribution in [-0.2, 0) is 16.1 Å². The Morgan fingerprint density at radius 1 is 1.23 bits per heavy atom. The van der Waals surface area contributed by atoms with Gasteiger partial charge < -0.3 is 16.0 Å². The third-order valence-electron chi connectivity index (χ3n) is 3.98. The molecule has 2 amide bonds. The number of hydrogen-bond acceptors (Lipinski definition) is 3. The summed E-state index contributed by atoms with van der Waals surface area (Å²) in [6.07, 6.45) is 2.06. The van der Waals surface area contributed by atoms with Gasteiger partial charge in [-0.3, -0.25) is 9.59 Å². The Morgan fingerprint density at radius 2 is 2.00 bits per heavy atom. The van der Waals surface area contributed by atoms with Gasteiger partial charge in [-0.2, -0.15) is 0 Å². The minimum Gasteiger partial charge on any atom is -0.355 e. The van der Waals surface area contributed by atoms with E-state index in [4.69, 9.17) is 0 Å². The number of nitrogens with one attached hydrogen (secondary N) is 3. The monoisotopic (exact) mass is 303 g/mol. The molecular formula is C17H25N3O2. The van der Waals surface area contributed by atoms with Gasteiger partial charge in [-0.25, -0.2) is 0 Å². The molecule has 1 saturated heterocycles. The van der Waals surface area contributed by atoms with Crippen LogP contribution in [0.4, 0.5) is 0 Å². The number of amides is 2. The van der Waals surface area contributed by atoms with Crippen molar-refractivity contribution in [2.75, 3.05) is 13.1 Å². The highest BCUT2D eigenvalue weighted by molar-refractivity contribution is 5.80. The van der Waals surface area contributed by atoms with E-state index in [-0.39, 0.29) is 17.7 Å². The second-order valence-corrected chi connectivity index (χ2v) is 5.88. The van der Waals surface area contributed by atoms with Gasteiger partial charge >= 0.3 is 0 Å². The molecular weight excluding hydrogens is 278 g/mol. The van der Waals surface area contributed by atoms with Gasteiger partial charge in [0.05, 0.1) is 0 Å². The summed E-state index contributed by atoms with van der Waals surface area (Å²) in [5.41, 5.74) is 1.07. The molecule has 22 heavy (non-hydrogen) atoms. The lowest BCUT2D eigenvalue weighted by molar-refractivity contribution is -0.126. The van der Waals surface area contributed by atoms with Gasteiger partial charge in [0, 0.05) is 31.5 Å². The predicted octanol–water partition coefficient (Wildman–Crippen LogP) is 1.20. The molecule has 0 aliphatic carbocycles. The zero-order chi connectivity index (χ0) is 15.8. The lowest BCUT2D eigenvalue weighted by Crippen LogP contribution is -2.43. The molecule has 0 unspecified atom stereocenters. The molecule has 1 aliphatic heterocycles. The second kappa shape index (κ2) is 8.54. The molecule has 5 heteroatoms. The molecule has 1 aromatic rings. The average Bonchev–Trinajstić information content (AvgIpc) is 2.54. The van der Waals surface area contributed by atoms with Crippen LogP contribution in [0.3, 0.4) is 0 Å². The van der Waals surface area contributed by atoms with E-state index in [0.29, 0.717) is 25.6 Å². The quantitative estimate of drug-likeness (QED) is 0.739. The zero-order valence-electron chi connectivity index (χ0n) is 13.1. The van der Waals surface area contributed by atoms with E-state index < -0.39 is 0 Å². The molecule has 120 valence electrons. The first-order valence-electron chi connectivity index (χ1n) is 7.97. The molecule has 1 aliphatic rings. The standard InChI is InChI=1S/C17H25N3O2/c1-13-11-15(7-9-18-13)17(22)19-10-8-16(21)20-12-14-5-3-2-4-6-14/h2-6,13,15,18H,7-12H2,1H3,(H,19,22)(H,20,21)/t13-,15-/m0/s1. The van der Waals surface area contributed by atoms with Crippen LogP contribution >= 0.6 is 0 Å². The minimum absolute atomic E-state index is 0.0390. The molecule has 0 bridgehead atoms. The summed E-state index contributed by atoms with van der Waals surface area (Å²) in [5.74, 6) is 0.107. The van der Waals surface area contributed by atoms with E-state index in [1.54, 1.807) is 0 Å². The molecule has 0 spiro atoms. The average molecular weight is 303 g/mol. The summed E-state index contributed by atoms with van der Waals surface area (Å²) in [6, 6.07) is 10.2. The Balaban J connectivity index is 1.61. The maximum absolute atomic E-state index is 12.0. The van der Waals surface area contributed by atoms with Crippen molar-refractivity contribution in [3.8, 4) is 0 Å². The van der Waals surface area contributed by atoms with Crippen LogP contribution in [0, 0.1) is 5.92 Å². The molecule has 1 fully saturated rings. The van der Waals surface area contributed by atoms with Crippen molar-refractivity contribution in [1.29, 1.82) is 0 Å². The fourth-order valence-electron chi connectivity index (χ4n) is 2.70. The van der Waals surface area contributed by atoms with Gasteiger partial charge in [0.2, 0.25) is 11.8 Å². The first-order valence-corrected chi connectivity index (χ1v) is 7.97. The molecule has 0 saturated carbocycles. The van der Waals surface area contributed by atoms with Crippen molar-refractivity contribution in [1.82, 2.24) is 16.0 Å². The Morgan fingerprint density at radius 3 is 2.73 bits per heavy atom. The van der Waals surface area contributed by atoms with Crippen LogP contribution in [0.25, 0.3) is 0 Å².